The number of hydrogen-bond donors (Lipinski definition) is 0. The maximum atomic E-state index is 13.1. The molecule has 0 N–H and O–H groups in total. The largest absolute Gasteiger partial charge is 0.379 e. The Hall–Kier alpha value is -1.77. The zero-order valence-corrected chi connectivity index (χ0v) is 19.4. The van der Waals surface area contributed by atoms with Gasteiger partial charge in [-0.1, -0.05) is 29.5 Å². The Balaban J connectivity index is 0.00000256. The summed E-state index contributed by atoms with van der Waals surface area (Å²) in [5.41, 5.74) is 2.13. The minimum atomic E-state index is -0.0166. The van der Waals surface area contributed by atoms with Gasteiger partial charge in [0, 0.05) is 37.1 Å². The fourth-order valence-electron chi connectivity index (χ4n) is 3.40. The molecule has 0 spiro atoms. The van der Waals surface area contributed by atoms with Gasteiger partial charge >= 0.3 is 0 Å². The molecule has 1 amide bonds. The highest BCUT2D eigenvalue weighted by Gasteiger charge is 2.19. The maximum absolute atomic E-state index is 13.1. The average Bonchev–Trinajstić information content (AvgIpc) is 3.41. The number of carbonyl (C=O) groups is 1. The number of anilines is 1. The van der Waals surface area contributed by atoms with Gasteiger partial charge in [0.05, 0.1) is 23.4 Å². The van der Waals surface area contributed by atoms with Crippen molar-refractivity contribution < 1.29 is 9.53 Å². The molecule has 5 nitrogen and oxygen atoms in total. The van der Waals surface area contributed by atoms with Crippen molar-refractivity contribution in [3.05, 3.63) is 52.2 Å². The van der Waals surface area contributed by atoms with E-state index in [1.54, 1.807) is 28.7 Å². The Morgan fingerprint density at radius 1 is 1.27 bits per heavy atom. The van der Waals surface area contributed by atoms with Crippen LogP contribution in [0.15, 0.2) is 41.8 Å². The molecule has 3 aromatic rings. The number of aryl methyl sites for hydroxylation is 1. The number of hydrogen-bond acceptors (Lipinski definition) is 6. The van der Waals surface area contributed by atoms with Crippen LogP contribution < -0.4 is 4.90 Å². The van der Waals surface area contributed by atoms with Crippen LogP contribution in [-0.2, 0) is 9.53 Å². The molecule has 1 aliphatic rings. The molecule has 0 radical (unpaired) electrons. The average molecular weight is 464 g/mol. The molecule has 0 aliphatic carbocycles. The third kappa shape index (κ3) is 5.68. The molecular formula is C22H26ClN3O2S2. The van der Waals surface area contributed by atoms with Crippen LogP contribution in [0.3, 0.4) is 0 Å². The number of nitrogens with zero attached hydrogens (tertiary/aromatic N) is 3. The van der Waals surface area contributed by atoms with E-state index in [0.717, 1.165) is 65.1 Å². The summed E-state index contributed by atoms with van der Waals surface area (Å²) in [4.78, 5) is 23.2. The lowest BCUT2D eigenvalue weighted by Gasteiger charge is -2.27. The van der Waals surface area contributed by atoms with Crippen molar-refractivity contribution in [3.63, 3.8) is 0 Å². The second-order valence-corrected chi connectivity index (χ2v) is 9.05. The van der Waals surface area contributed by atoms with E-state index in [1.165, 1.54) is 0 Å². The SMILES string of the molecule is Cc1cccc2sc(N(CCCN3CCOCC3)C(=O)C=Cc3cccs3)nc12.Cl. The molecule has 160 valence electrons. The van der Waals surface area contributed by atoms with Gasteiger partial charge < -0.3 is 4.74 Å². The van der Waals surface area contributed by atoms with Crippen LogP contribution in [0.25, 0.3) is 16.3 Å². The molecule has 0 atom stereocenters. The number of thiazole rings is 1. The van der Waals surface area contributed by atoms with Gasteiger partial charge in [-0.05, 0) is 42.5 Å². The molecule has 0 bridgehead atoms. The fraction of sp³-hybridized carbons (Fsp3) is 0.364. The van der Waals surface area contributed by atoms with Gasteiger partial charge in [0.25, 0.3) is 5.91 Å². The number of morpholine rings is 1. The van der Waals surface area contributed by atoms with Gasteiger partial charge in [0.2, 0.25) is 0 Å². The molecule has 0 unspecified atom stereocenters. The summed E-state index contributed by atoms with van der Waals surface area (Å²) in [7, 11) is 0. The minimum absolute atomic E-state index is 0. The van der Waals surface area contributed by atoms with Crippen molar-refractivity contribution in [1.29, 1.82) is 0 Å². The first-order chi connectivity index (χ1) is 14.2. The number of thiophene rings is 1. The monoisotopic (exact) mass is 463 g/mol. The van der Waals surface area contributed by atoms with Crippen LogP contribution in [0, 0.1) is 6.92 Å². The highest BCUT2D eigenvalue weighted by Crippen LogP contribution is 2.31. The molecular weight excluding hydrogens is 438 g/mol. The number of ether oxygens (including phenoxy) is 1. The smallest absolute Gasteiger partial charge is 0.252 e. The first kappa shape index (κ1) is 22.9. The van der Waals surface area contributed by atoms with Crippen LogP contribution in [-0.4, -0.2) is 55.2 Å². The predicted octanol–water partition coefficient (Wildman–Crippen LogP) is 4.86. The van der Waals surface area contributed by atoms with E-state index in [4.69, 9.17) is 9.72 Å². The Bertz CT molecular complexity index is 982. The van der Waals surface area contributed by atoms with Crippen LogP contribution in [0.2, 0.25) is 0 Å². The van der Waals surface area contributed by atoms with Crippen LogP contribution >= 0.6 is 35.1 Å². The molecule has 1 aromatic carbocycles. The summed E-state index contributed by atoms with van der Waals surface area (Å²) in [5, 5.41) is 2.79. The van der Waals surface area contributed by atoms with E-state index >= 15 is 0 Å². The number of amides is 1. The second kappa shape index (κ2) is 11.0. The molecule has 0 saturated carbocycles. The number of fused-ring (bicyclic) bond motifs is 1. The molecule has 1 saturated heterocycles. The van der Waals surface area contributed by atoms with Gasteiger partial charge in [-0.3, -0.25) is 14.6 Å². The van der Waals surface area contributed by atoms with Crippen molar-refractivity contribution in [2.75, 3.05) is 44.3 Å². The van der Waals surface area contributed by atoms with E-state index in [1.807, 2.05) is 34.6 Å². The first-order valence-electron chi connectivity index (χ1n) is 9.90. The second-order valence-electron chi connectivity index (χ2n) is 7.06. The van der Waals surface area contributed by atoms with Gasteiger partial charge in [0.15, 0.2) is 5.13 Å². The van der Waals surface area contributed by atoms with Crippen LogP contribution in [0.1, 0.15) is 16.9 Å². The van der Waals surface area contributed by atoms with E-state index in [9.17, 15) is 4.79 Å². The molecule has 3 heterocycles. The summed E-state index contributed by atoms with van der Waals surface area (Å²) in [6, 6.07) is 10.2. The maximum Gasteiger partial charge on any atom is 0.252 e. The standard InChI is InChI=1S/C22H25N3O2S2.ClH/c1-17-5-2-7-19-21(17)23-22(29-19)25(11-4-10-24-12-14-27-15-13-24)20(26)9-8-18-6-3-16-28-18;/h2-3,5-9,16H,4,10-15H2,1H3;1H. The van der Waals surface area contributed by atoms with Gasteiger partial charge in [0.1, 0.15) is 0 Å². The van der Waals surface area contributed by atoms with Crippen LogP contribution in [0.5, 0.6) is 0 Å². The van der Waals surface area contributed by atoms with E-state index in [-0.39, 0.29) is 18.3 Å². The summed E-state index contributed by atoms with van der Waals surface area (Å²) in [6.45, 7) is 7.20. The van der Waals surface area contributed by atoms with Crippen molar-refractivity contribution in [2.24, 2.45) is 0 Å². The Morgan fingerprint density at radius 2 is 2.10 bits per heavy atom. The lowest BCUT2D eigenvalue weighted by molar-refractivity contribution is -0.114. The van der Waals surface area contributed by atoms with Crippen molar-refractivity contribution in [1.82, 2.24) is 9.88 Å². The third-order valence-electron chi connectivity index (χ3n) is 5.00. The summed E-state index contributed by atoms with van der Waals surface area (Å²) < 4.78 is 6.54. The number of benzene rings is 1. The highest BCUT2D eigenvalue weighted by molar-refractivity contribution is 7.22. The highest BCUT2D eigenvalue weighted by atomic mass is 35.5. The molecule has 30 heavy (non-hydrogen) atoms. The Labute approximate surface area is 191 Å². The lowest BCUT2D eigenvalue weighted by Crippen LogP contribution is -2.39. The first-order valence-corrected chi connectivity index (χ1v) is 11.6. The Morgan fingerprint density at radius 3 is 2.83 bits per heavy atom. The van der Waals surface area contributed by atoms with Crippen molar-refractivity contribution in [3.8, 4) is 0 Å². The van der Waals surface area contributed by atoms with Gasteiger partial charge in [-0.2, -0.15) is 0 Å². The van der Waals surface area contributed by atoms with E-state index in [2.05, 4.69) is 24.0 Å². The topological polar surface area (TPSA) is 45.7 Å². The number of rotatable bonds is 7. The zero-order valence-electron chi connectivity index (χ0n) is 17.0. The predicted molar refractivity (Wildman–Crippen MR) is 129 cm³/mol. The zero-order chi connectivity index (χ0) is 20.1. The third-order valence-corrected chi connectivity index (χ3v) is 6.88. The van der Waals surface area contributed by atoms with Gasteiger partial charge in [-0.15, -0.1) is 23.7 Å². The fourth-order valence-corrected chi connectivity index (χ4v) is 5.09. The number of halogens is 1. The molecule has 1 fully saturated rings. The minimum Gasteiger partial charge on any atom is -0.379 e. The Kier molecular flexibility index (Phi) is 8.41. The van der Waals surface area contributed by atoms with E-state index < -0.39 is 0 Å². The number of carbonyl (C=O) groups excluding carboxylic acids is 1. The number of para-hydroxylation sites is 1. The van der Waals surface area contributed by atoms with E-state index in [0.29, 0.717) is 6.54 Å². The number of aromatic nitrogens is 1. The summed E-state index contributed by atoms with van der Waals surface area (Å²) >= 11 is 3.21. The van der Waals surface area contributed by atoms with Crippen molar-refractivity contribution in [2.45, 2.75) is 13.3 Å². The lowest BCUT2D eigenvalue weighted by atomic mass is 10.2. The molecule has 2 aromatic heterocycles. The quantitative estimate of drug-likeness (QED) is 0.469. The van der Waals surface area contributed by atoms with Gasteiger partial charge in [-0.25, -0.2) is 4.98 Å². The normalized spacial score (nSPS) is 14.8. The van der Waals surface area contributed by atoms with Crippen LogP contribution in [0.4, 0.5) is 5.13 Å². The molecule has 4 rings (SSSR count). The molecule has 8 heteroatoms. The molecule has 1 aliphatic heterocycles. The summed E-state index contributed by atoms with van der Waals surface area (Å²) in [5.74, 6) is -0.0166. The summed E-state index contributed by atoms with van der Waals surface area (Å²) in [6.07, 6.45) is 4.47. The van der Waals surface area contributed by atoms with Crippen molar-refractivity contribution >= 4 is 62.4 Å².